The second kappa shape index (κ2) is 4.99. The number of hydrogen-bond donors (Lipinski definition) is 1. The molecule has 0 spiro atoms. The molecule has 0 saturated heterocycles. The van der Waals surface area contributed by atoms with E-state index in [0.717, 1.165) is 11.3 Å². The van der Waals surface area contributed by atoms with Gasteiger partial charge in [-0.2, -0.15) is 0 Å². The van der Waals surface area contributed by atoms with Crippen LogP contribution >= 0.6 is 0 Å². The minimum absolute atomic E-state index is 0.250. The maximum atomic E-state index is 11.8. The Morgan fingerprint density at radius 3 is 3.19 bits per heavy atom. The van der Waals surface area contributed by atoms with Gasteiger partial charge in [0.05, 0.1) is 6.61 Å². The number of hydrogen-bond acceptors (Lipinski definition) is 4. The average Bonchev–Trinajstić information content (AvgIpc) is 2.51. The van der Waals surface area contributed by atoms with E-state index in [2.05, 4.69) is 5.32 Å². The van der Waals surface area contributed by atoms with Crippen LogP contribution in [0.1, 0.15) is 18.5 Å². The number of benzene rings is 1. The fourth-order valence-electron chi connectivity index (χ4n) is 1.76. The van der Waals surface area contributed by atoms with Crippen LogP contribution in [0, 0.1) is 0 Å². The van der Waals surface area contributed by atoms with E-state index in [1.165, 1.54) is 0 Å². The molecule has 1 heterocycles. The molecule has 1 aromatic carbocycles. The summed E-state index contributed by atoms with van der Waals surface area (Å²) in [5.41, 5.74) is 0.846. The molecule has 1 aliphatic rings. The molecule has 0 aliphatic carbocycles. The van der Waals surface area contributed by atoms with Crippen molar-refractivity contribution >= 4 is 5.97 Å². The highest BCUT2D eigenvalue weighted by molar-refractivity contribution is 5.78. The Labute approximate surface area is 94.6 Å². The molecular formula is C12H15NO3. The Balaban J connectivity index is 2.28. The van der Waals surface area contributed by atoms with Gasteiger partial charge in [-0.1, -0.05) is 18.2 Å². The van der Waals surface area contributed by atoms with E-state index in [0.29, 0.717) is 19.8 Å². The van der Waals surface area contributed by atoms with E-state index in [9.17, 15) is 4.79 Å². The number of carbonyl (C=O) groups is 1. The van der Waals surface area contributed by atoms with Crippen LogP contribution in [0.4, 0.5) is 0 Å². The molecule has 0 amide bonds. The largest absolute Gasteiger partial charge is 0.492 e. The van der Waals surface area contributed by atoms with Crippen LogP contribution in [-0.2, 0) is 9.53 Å². The highest BCUT2D eigenvalue weighted by atomic mass is 16.5. The van der Waals surface area contributed by atoms with E-state index >= 15 is 0 Å². The minimum atomic E-state index is -0.418. The van der Waals surface area contributed by atoms with Gasteiger partial charge < -0.3 is 9.47 Å². The highest BCUT2D eigenvalue weighted by Gasteiger charge is 2.26. The van der Waals surface area contributed by atoms with Crippen molar-refractivity contribution in [1.82, 2.24) is 5.32 Å². The molecule has 0 fully saturated rings. The monoisotopic (exact) mass is 221 g/mol. The molecule has 4 nitrogen and oxygen atoms in total. The quantitative estimate of drug-likeness (QED) is 0.764. The molecule has 0 radical (unpaired) electrons. The van der Waals surface area contributed by atoms with Gasteiger partial charge in [0.1, 0.15) is 18.4 Å². The summed E-state index contributed by atoms with van der Waals surface area (Å²) in [5.74, 6) is 0.506. The molecular weight excluding hydrogens is 206 g/mol. The molecule has 4 heteroatoms. The van der Waals surface area contributed by atoms with Crippen LogP contribution in [0.3, 0.4) is 0 Å². The predicted octanol–water partition coefficient (Wildman–Crippen LogP) is 1.27. The van der Waals surface area contributed by atoms with Crippen molar-refractivity contribution in [3.05, 3.63) is 29.8 Å². The molecule has 1 aliphatic heterocycles. The molecule has 86 valence electrons. The van der Waals surface area contributed by atoms with E-state index in [1.54, 1.807) is 6.92 Å². The van der Waals surface area contributed by atoms with Gasteiger partial charge in [-0.05, 0) is 13.0 Å². The molecule has 0 aromatic heterocycles. The van der Waals surface area contributed by atoms with Crippen LogP contribution < -0.4 is 10.1 Å². The Morgan fingerprint density at radius 2 is 2.38 bits per heavy atom. The number of rotatable bonds is 2. The fourth-order valence-corrected chi connectivity index (χ4v) is 1.76. The standard InChI is InChI=1S/C12H15NO3/c1-2-15-12(14)11-9-5-3-4-6-10(9)16-8-7-13-11/h3-6,11,13H,2,7-8H2,1H3. The van der Waals surface area contributed by atoms with Gasteiger partial charge in [0, 0.05) is 12.1 Å². The molecule has 2 rings (SSSR count). The molecule has 16 heavy (non-hydrogen) atoms. The number of para-hydroxylation sites is 1. The second-order valence-electron chi connectivity index (χ2n) is 3.53. The fraction of sp³-hybridized carbons (Fsp3) is 0.417. The number of esters is 1. The lowest BCUT2D eigenvalue weighted by Crippen LogP contribution is -2.30. The van der Waals surface area contributed by atoms with Gasteiger partial charge >= 0.3 is 5.97 Å². The molecule has 0 saturated carbocycles. The van der Waals surface area contributed by atoms with Crippen LogP contribution in [0.15, 0.2) is 24.3 Å². The summed E-state index contributed by atoms with van der Waals surface area (Å²) >= 11 is 0. The molecule has 1 N–H and O–H groups in total. The summed E-state index contributed by atoms with van der Waals surface area (Å²) in [5, 5.41) is 3.12. The highest BCUT2D eigenvalue weighted by Crippen LogP contribution is 2.27. The summed E-state index contributed by atoms with van der Waals surface area (Å²) in [6, 6.07) is 7.12. The Kier molecular flexibility index (Phi) is 3.41. The third-order valence-corrected chi connectivity index (χ3v) is 2.46. The Hall–Kier alpha value is -1.55. The number of carbonyl (C=O) groups excluding carboxylic acids is 1. The van der Waals surface area contributed by atoms with Crippen molar-refractivity contribution in [2.45, 2.75) is 13.0 Å². The molecule has 1 unspecified atom stereocenters. The van der Waals surface area contributed by atoms with Gasteiger partial charge in [-0.3, -0.25) is 5.32 Å². The van der Waals surface area contributed by atoms with Gasteiger partial charge in [-0.15, -0.1) is 0 Å². The summed E-state index contributed by atoms with van der Waals surface area (Å²) < 4.78 is 10.6. The first kappa shape index (κ1) is 11.0. The molecule has 1 aromatic rings. The molecule has 0 bridgehead atoms. The van der Waals surface area contributed by atoms with Gasteiger partial charge in [0.25, 0.3) is 0 Å². The van der Waals surface area contributed by atoms with E-state index in [4.69, 9.17) is 9.47 Å². The topological polar surface area (TPSA) is 47.6 Å². The van der Waals surface area contributed by atoms with E-state index in [1.807, 2.05) is 24.3 Å². The van der Waals surface area contributed by atoms with E-state index in [-0.39, 0.29) is 5.97 Å². The van der Waals surface area contributed by atoms with Crippen LogP contribution in [-0.4, -0.2) is 25.7 Å². The van der Waals surface area contributed by atoms with Crippen molar-refractivity contribution in [2.24, 2.45) is 0 Å². The van der Waals surface area contributed by atoms with E-state index < -0.39 is 6.04 Å². The lowest BCUT2D eigenvalue weighted by molar-refractivity contribution is -0.145. The predicted molar refractivity (Wildman–Crippen MR) is 59.3 cm³/mol. The third kappa shape index (κ3) is 2.17. The van der Waals surface area contributed by atoms with Crippen molar-refractivity contribution in [3.63, 3.8) is 0 Å². The minimum Gasteiger partial charge on any atom is -0.492 e. The number of nitrogens with one attached hydrogen (secondary N) is 1. The van der Waals surface area contributed by atoms with Crippen molar-refractivity contribution in [1.29, 1.82) is 0 Å². The Bertz CT molecular complexity index is 378. The van der Waals surface area contributed by atoms with Gasteiger partial charge in [0.2, 0.25) is 0 Å². The van der Waals surface area contributed by atoms with Crippen LogP contribution in [0.25, 0.3) is 0 Å². The maximum Gasteiger partial charge on any atom is 0.327 e. The smallest absolute Gasteiger partial charge is 0.327 e. The van der Waals surface area contributed by atoms with Crippen LogP contribution in [0.2, 0.25) is 0 Å². The summed E-state index contributed by atoms with van der Waals surface area (Å²) in [6.07, 6.45) is 0. The number of fused-ring (bicyclic) bond motifs is 1. The lowest BCUT2D eigenvalue weighted by Gasteiger charge is -2.15. The first-order valence-electron chi connectivity index (χ1n) is 5.44. The molecule has 1 atom stereocenters. The third-order valence-electron chi connectivity index (χ3n) is 2.46. The second-order valence-corrected chi connectivity index (χ2v) is 3.53. The van der Waals surface area contributed by atoms with Crippen molar-refractivity contribution in [3.8, 4) is 5.75 Å². The normalized spacial score (nSPS) is 19.2. The zero-order valence-corrected chi connectivity index (χ0v) is 9.23. The summed E-state index contributed by atoms with van der Waals surface area (Å²) in [6.45, 7) is 3.39. The average molecular weight is 221 g/mol. The van der Waals surface area contributed by atoms with Crippen molar-refractivity contribution < 1.29 is 14.3 Å². The summed E-state index contributed by atoms with van der Waals surface area (Å²) in [7, 11) is 0. The zero-order chi connectivity index (χ0) is 11.4. The lowest BCUT2D eigenvalue weighted by atomic mass is 10.1. The van der Waals surface area contributed by atoms with Gasteiger partial charge in [-0.25, -0.2) is 4.79 Å². The Morgan fingerprint density at radius 1 is 1.56 bits per heavy atom. The first-order chi connectivity index (χ1) is 7.83. The first-order valence-corrected chi connectivity index (χ1v) is 5.44. The van der Waals surface area contributed by atoms with Gasteiger partial charge in [0.15, 0.2) is 0 Å². The number of ether oxygens (including phenoxy) is 2. The summed E-state index contributed by atoms with van der Waals surface area (Å²) in [4.78, 5) is 11.8. The SMILES string of the molecule is CCOC(=O)C1NCCOc2ccccc21. The zero-order valence-electron chi connectivity index (χ0n) is 9.23. The van der Waals surface area contributed by atoms with Crippen LogP contribution in [0.5, 0.6) is 5.75 Å². The van der Waals surface area contributed by atoms with Crippen molar-refractivity contribution in [2.75, 3.05) is 19.8 Å². The maximum absolute atomic E-state index is 11.8.